The van der Waals surface area contributed by atoms with Gasteiger partial charge in [0.2, 0.25) is 0 Å². The topological polar surface area (TPSA) is 44.7 Å². The number of nitrogens with one attached hydrogen (secondary N) is 1. The van der Waals surface area contributed by atoms with Gasteiger partial charge in [0.25, 0.3) is 0 Å². The molecule has 3 fully saturated rings. The van der Waals surface area contributed by atoms with Gasteiger partial charge >= 0.3 is 6.03 Å². The average Bonchev–Trinajstić information content (AvgIpc) is 3.11. The van der Waals surface area contributed by atoms with Crippen LogP contribution in [0, 0.1) is 29.0 Å². The molecule has 4 aliphatic rings. The second kappa shape index (κ2) is 7.73. The van der Waals surface area contributed by atoms with Crippen molar-refractivity contribution in [1.29, 1.82) is 0 Å². The molecule has 1 aromatic rings. The van der Waals surface area contributed by atoms with Crippen LogP contribution in [-0.2, 0) is 0 Å². The molecule has 5 rings (SSSR count). The van der Waals surface area contributed by atoms with Crippen molar-refractivity contribution in [3.05, 3.63) is 35.6 Å². The minimum absolute atomic E-state index is 0.0147. The summed E-state index contributed by atoms with van der Waals surface area (Å²) < 4.78 is 13.8. The zero-order valence-electron chi connectivity index (χ0n) is 18.1. The monoisotopic (exact) mass is 399 g/mol. The Kier molecular flexibility index (Phi) is 5.43. The van der Waals surface area contributed by atoms with E-state index in [-0.39, 0.29) is 23.8 Å². The summed E-state index contributed by atoms with van der Waals surface area (Å²) in [6.07, 6.45) is 5.30. The maximum Gasteiger partial charge on any atom is 0.338 e. The Balaban J connectivity index is 1.45. The Labute approximate surface area is 173 Å². The normalized spacial score (nSPS) is 32.5. The van der Waals surface area contributed by atoms with Crippen LogP contribution in [0.3, 0.4) is 0 Å². The van der Waals surface area contributed by atoms with E-state index in [0.717, 1.165) is 37.0 Å². The molecule has 5 heteroatoms. The first kappa shape index (κ1) is 20.4. The van der Waals surface area contributed by atoms with Crippen molar-refractivity contribution in [2.45, 2.75) is 71.8 Å². The summed E-state index contributed by atoms with van der Waals surface area (Å²) in [5, 5.41) is 9.53. The Morgan fingerprint density at radius 2 is 2.14 bits per heavy atom. The van der Waals surface area contributed by atoms with Crippen molar-refractivity contribution < 1.29 is 9.18 Å². The van der Waals surface area contributed by atoms with Crippen LogP contribution in [0.2, 0.25) is 0 Å². The first-order valence-electron chi connectivity index (χ1n) is 11.2. The van der Waals surface area contributed by atoms with Crippen LogP contribution >= 0.6 is 0 Å². The fourth-order valence-corrected chi connectivity index (χ4v) is 5.85. The molecule has 0 radical (unpaired) electrons. The summed E-state index contributed by atoms with van der Waals surface area (Å²) in [5.41, 5.74) is 2.31. The van der Waals surface area contributed by atoms with Gasteiger partial charge in [0, 0.05) is 17.7 Å². The SMILES string of the molecule is CCCCC1=NN(C(=O)N[C@@H]2C[C@H]3C[C@H]([C@@H]2C)C3(C)C)CC1c1cccc(F)c1. The lowest BCUT2D eigenvalue weighted by Crippen LogP contribution is -2.61. The molecule has 158 valence electrons. The molecule has 1 aromatic carbocycles. The average molecular weight is 400 g/mol. The summed E-state index contributed by atoms with van der Waals surface area (Å²) in [5.74, 6) is 1.63. The highest BCUT2D eigenvalue weighted by atomic mass is 19.1. The van der Waals surface area contributed by atoms with Gasteiger partial charge in [-0.25, -0.2) is 14.2 Å². The Hall–Kier alpha value is -1.91. The van der Waals surface area contributed by atoms with E-state index in [1.165, 1.54) is 12.5 Å². The van der Waals surface area contributed by atoms with Crippen molar-refractivity contribution in [3.8, 4) is 0 Å². The number of amides is 2. The maximum absolute atomic E-state index is 13.8. The number of halogens is 1. The molecule has 5 atom stereocenters. The molecular formula is C24H34FN3O. The summed E-state index contributed by atoms with van der Waals surface area (Å²) >= 11 is 0. The molecule has 2 bridgehead atoms. The molecule has 3 aliphatic carbocycles. The van der Waals surface area contributed by atoms with Gasteiger partial charge in [-0.2, -0.15) is 5.10 Å². The van der Waals surface area contributed by atoms with Gasteiger partial charge in [0.1, 0.15) is 5.82 Å². The van der Waals surface area contributed by atoms with Crippen molar-refractivity contribution >= 4 is 11.7 Å². The summed E-state index contributed by atoms with van der Waals surface area (Å²) in [4.78, 5) is 13.0. The van der Waals surface area contributed by atoms with Crippen LogP contribution in [0.4, 0.5) is 9.18 Å². The quantitative estimate of drug-likeness (QED) is 0.693. The lowest BCUT2D eigenvalue weighted by Gasteiger charge is -2.62. The number of carbonyl (C=O) groups is 1. The van der Waals surface area contributed by atoms with Crippen molar-refractivity contribution in [1.82, 2.24) is 10.3 Å². The summed E-state index contributed by atoms with van der Waals surface area (Å²) in [7, 11) is 0. The third-order valence-corrected chi connectivity index (χ3v) is 7.94. The van der Waals surface area contributed by atoms with Gasteiger partial charge < -0.3 is 5.32 Å². The zero-order valence-corrected chi connectivity index (χ0v) is 18.1. The van der Waals surface area contributed by atoms with E-state index in [1.54, 1.807) is 17.1 Å². The number of hydrazone groups is 1. The standard InChI is InChI=1S/C24H34FN3O/c1-5-6-10-21-19(16-8-7-9-18(25)11-16)14-28(27-21)23(29)26-22-13-17-12-20(15(22)2)24(17,3)4/h7-9,11,15,17,19-20,22H,5-6,10,12-14H2,1-4H3,(H,26,29)/t15-,17+,19?,20+,22+/m0/s1. The Morgan fingerprint density at radius 1 is 1.34 bits per heavy atom. The van der Waals surface area contributed by atoms with Crippen molar-refractivity contribution in [3.63, 3.8) is 0 Å². The van der Waals surface area contributed by atoms with Crippen LogP contribution in [0.1, 0.15) is 71.3 Å². The van der Waals surface area contributed by atoms with Crippen LogP contribution < -0.4 is 5.32 Å². The van der Waals surface area contributed by atoms with Gasteiger partial charge in [-0.3, -0.25) is 0 Å². The van der Waals surface area contributed by atoms with Gasteiger partial charge in [0.05, 0.1) is 6.54 Å². The number of hydrogen-bond donors (Lipinski definition) is 1. The summed E-state index contributed by atoms with van der Waals surface area (Å²) in [6.45, 7) is 9.66. The maximum atomic E-state index is 13.8. The second-order valence-corrected chi connectivity index (χ2v) is 9.90. The predicted octanol–water partition coefficient (Wildman–Crippen LogP) is 5.55. The number of hydrogen-bond acceptors (Lipinski definition) is 2. The lowest BCUT2D eigenvalue weighted by atomic mass is 9.45. The number of fused-ring (bicyclic) bond motifs is 2. The molecule has 3 saturated carbocycles. The van der Waals surface area contributed by atoms with E-state index >= 15 is 0 Å². The second-order valence-electron chi connectivity index (χ2n) is 9.90. The fraction of sp³-hybridized carbons (Fsp3) is 0.667. The van der Waals surface area contributed by atoms with E-state index in [4.69, 9.17) is 0 Å². The molecule has 1 aliphatic heterocycles. The number of nitrogens with zero attached hydrogens (tertiary/aromatic N) is 2. The lowest BCUT2D eigenvalue weighted by molar-refractivity contribution is -0.113. The van der Waals surface area contributed by atoms with E-state index in [0.29, 0.717) is 29.7 Å². The molecule has 2 amide bonds. The number of rotatable bonds is 5. The molecule has 1 N–H and O–H groups in total. The van der Waals surface area contributed by atoms with Gasteiger partial charge in [-0.15, -0.1) is 0 Å². The number of unbranched alkanes of at least 4 members (excludes halogenated alkanes) is 1. The molecule has 0 saturated heterocycles. The van der Waals surface area contributed by atoms with Crippen LogP contribution in [-0.4, -0.2) is 29.3 Å². The van der Waals surface area contributed by atoms with Gasteiger partial charge in [-0.1, -0.05) is 46.2 Å². The first-order chi connectivity index (χ1) is 13.8. The Bertz CT molecular complexity index is 805. The molecule has 29 heavy (non-hydrogen) atoms. The van der Waals surface area contributed by atoms with E-state index in [1.807, 2.05) is 6.07 Å². The van der Waals surface area contributed by atoms with E-state index in [9.17, 15) is 9.18 Å². The molecular weight excluding hydrogens is 365 g/mol. The third-order valence-electron chi connectivity index (χ3n) is 7.94. The number of carbonyl (C=O) groups excluding carboxylic acids is 1. The van der Waals surface area contributed by atoms with Gasteiger partial charge in [0.15, 0.2) is 0 Å². The van der Waals surface area contributed by atoms with Crippen molar-refractivity contribution in [2.24, 2.45) is 28.3 Å². The molecule has 0 spiro atoms. The van der Waals surface area contributed by atoms with Crippen molar-refractivity contribution in [2.75, 3.05) is 6.54 Å². The van der Waals surface area contributed by atoms with Gasteiger partial charge in [-0.05, 0) is 66.5 Å². The minimum Gasteiger partial charge on any atom is -0.333 e. The fourth-order valence-electron chi connectivity index (χ4n) is 5.85. The largest absolute Gasteiger partial charge is 0.338 e. The molecule has 0 aromatic heterocycles. The predicted molar refractivity (Wildman–Crippen MR) is 114 cm³/mol. The van der Waals surface area contributed by atoms with E-state index < -0.39 is 0 Å². The molecule has 1 unspecified atom stereocenters. The van der Waals surface area contributed by atoms with E-state index in [2.05, 4.69) is 38.1 Å². The van der Waals surface area contributed by atoms with Crippen LogP contribution in [0.5, 0.6) is 0 Å². The van der Waals surface area contributed by atoms with Crippen LogP contribution in [0.25, 0.3) is 0 Å². The van der Waals surface area contributed by atoms with Crippen LogP contribution in [0.15, 0.2) is 29.4 Å². The highest BCUT2D eigenvalue weighted by Crippen LogP contribution is 2.61. The zero-order chi connectivity index (χ0) is 20.8. The number of benzene rings is 1. The molecule has 1 heterocycles. The summed E-state index contributed by atoms with van der Waals surface area (Å²) in [6, 6.07) is 6.84. The minimum atomic E-state index is -0.238. The molecule has 4 nitrogen and oxygen atoms in total. The smallest absolute Gasteiger partial charge is 0.333 e. The number of urea groups is 1. The highest BCUT2D eigenvalue weighted by Gasteiger charge is 2.56. The first-order valence-corrected chi connectivity index (χ1v) is 11.2. The highest BCUT2D eigenvalue weighted by molar-refractivity contribution is 5.94. The third kappa shape index (κ3) is 3.69. The Morgan fingerprint density at radius 3 is 2.79 bits per heavy atom.